The van der Waals surface area contributed by atoms with Gasteiger partial charge in [0.1, 0.15) is 12.6 Å². The molecule has 2 aromatic rings. The van der Waals surface area contributed by atoms with Crippen molar-refractivity contribution in [1.82, 2.24) is 10.2 Å². The van der Waals surface area contributed by atoms with Crippen molar-refractivity contribution in [2.75, 3.05) is 17.1 Å². The molecule has 33 heavy (non-hydrogen) atoms. The summed E-state index contributed by atoms with van der Waals surface area (Å²) in [5.74, 6) is -0.736. The van der Waals surface area contributed by atoms with Gasteiger partial charge in [0.25, 0.3) is 0 Å². The first-order chi connectivity index (χ1) is 15.4. The Labute approximate surface area is 197 Å². The molecule has 180 valence electrons. The Morgan fingerprint density at radius 2 is 1.61 bits per heavy atom. The molecule has 2 aromatic carbocycles. The van der Waals surface area contributed by atoms with Crippen LogP contribution in [-0.4, -0.2) is 50.0 Å². The number of nitrogens with zero attached hydrogens (tertiary/aromatic N) is 2. The average molecular weight is 474 g/mol. The van der Waals surface area contributed by atoms with Crippen LogP contribution in [0.3, 0.4) is 0 Å². The van der Waals surface area contributed by atoms with Crippen molar-refractivity contribution in [1.29, 1.82) is 0 Å². The summed E-state index contributed by atoms with van der Waals surface area (Å²) in [6.07, 6.45) is 1.90. The first-order valence-electron chi connectivity index (χ1n) is 11.1. The van der Waals surface area contributed by atoms with Crippen LogP contribution in [0.1, 0.15) is 44.4 Å². The number of aryl methyl sites for hydroxylation is 2. The maximum Gasteiger partial charge on any atom is 0.244 e. The molecule has 1 N–H and O–H groups in total. The van der Waals surface area contributed by atoms with E-state index in [1.165, 1.54) is 4.90 Å². The number of amides is 2. The Morgan fingerprint density at radius 1 is 1.00 bits per heavy atom. The molecule has 7 nitrogen and oxygen atoms in total. The molecule has 0 saturated carbocycles. The summed E-state index contributed by atoms with van der Waals surface area (Å²) in [6.45, 7) is 9.12. The smallest absolute Gasteiger partial charge is 0.244 e. The van der Waals surface area contributed by atoms with E-state index in [1.807, 2.05) is 64.1 Å². The van der Waals surface area contributed by atoms with Gasteiger partial charge in [-0.2, -0.15) is 0 Å². The molecule has 1 unspecified atom stereocenters. The van der Waals surface area contributed by atoms with Gasteiger partial charge < -0.3 is 10.2 Å². The maximum atomic E-state index is 13.5. The Bertz CT molecular complexity index is 1070. The van der Waals surface area contributed by atoms with Crippen LogP contribution in [-0.2, 0) is 32.6 Å². The highest BCUT2D eigenvalue weighted by molar-refractivity contribution is 7.92. The molecule has 0 aromatic heterocycles. The number of hydrogen-bond donors (Lipinski definition) is 1. The molecule has 8 heteroatoms. The molecule has 0 aliphatic heterocycles. The molecule has 0 heterocycles. The largest absolute Gasteiger partial charge is 0.352 e. The predicted octanol–water partition coefficient (Wildman–Crippen LogP) is 3.27. The minimum absolute atomic E-state index is 0.0834. The molecule has 0 bridgehead atoms. The number of nitrogens with one attached hydrogen (secondary N) is 1. The van der Waals surface area contributed by atoms with Gasteiger partial charge in [-0.1, -0.05) is 43.3 Å². The fourth-order valence-electron chi connectivity index (χ4n) is 3.47. The Kier molecular flexibility index (Phi) is 9.05. The third-order valence-corrected chi connectivity index (χ3v) is 6.65. The van der Waals surface area contributed by atoms with E-state index in [9.17, 15) is 18.0 Å². The molecular weight excluding hydrogens is 438 g/mol. The molecule has 2 amide bonds. The Hall–Kier alpha value is -2.87. The topological polar surface area (TPSA) is 86.8 Å². The van der Waals surface area contributed by atoms with Crippen LogP contribution in [0.5, 0.6) is 0 Å². The Morgan fingerprint density at radius 3 is 2.12 bits per heavy atom. The fourth-order valence-corrected chi connectivity index (χ4v) is 4.32. The van der Waals surface area contributed by atoms with Crippen LogP contribution in [0.25, 0.3) is 0 Å². The molecule has 0 radical (unpaired) electrons. The van der Waals surface area contributed by atoms with E-state index in [2.05, 4.69) is 5.32 Å². The number of anilines is 1. The van der Waals surface area contributed by atoms with Gasteiger partial charge in [-0.25, -0.2) is 8.42 Å². The van der Waals surface area contributed by atoms with Gasteiger partial charge in [-0.15, -0.1) is 0 Å². The molecule has 0 aliphatic carbocycles. The van der Waals surface area contributed by atoms with Gasteiger partial charge in [0.05, 0.1) is 11.9 Å². The zero-order valence-corrected chi connectivity index (χ0v) is 21.1. The van der Waals surface area contributed by atoms with Gasteiger partial charge in [0.15, 0.2) is 0 Å². The quantitative estimate of drug-likeness (QED) is 0.574. The molecule has 0 spiro atoms. The number of hydrogen-bond acceptors (Lipinski definition) is 4. The van der Waals surface area contributed by atoms with Crippen molar-refractivity contribution in [3.05, 3.63) is 65.2 Å². The number of carbonyl (C=O) groups is 2. The molecular formula is C25H35N3O4S. The van der Waals surface area contributed by atoms with Crippen LogP contribution in [0.4, 0.5) is 5.69 Å². The second kappa shape index (κ2) is 11.3. The summed E-state index contributed by atoms with van der Waals surface area (Å²) in [6, 6.07) is 13.9. The van der Waals surface area contributed by atoms with Crippen LogP contribution in [0.15, 0.2) is 48.5 Å². The van der Waals surface area contributed by atoms with Crippen molar-refractivity contribution >= 4 is 27.5 Å². The molecule has 0 aliphatic rings. The summed E-state index contributed by atoms with van der Waals surface area (Å²) in [5.41, 5.74) is 3.37. The van der Waals surface area contributed by atoms with E-state index in [-0.39, 0.29) is 18.5 Å². The third kappa shape index (κ3) is 7.32. The number of benzene rings is 2. The van der Waals surface area contributed by atoms with E-state index in [4.69, 9.17) is 0 Å². The Balaban J connectivity index is 2.39. The predicted molar refractivity (Wildman–Crippen MR) is 132 cm³/mol. The molecule has 1 atom stereocenters. The van der Waals surface area contributed by atoms with Crippen molar-refractivity contribution in [3.8, 4) is 0 Å². The van der Waals surface area contributed by atoms with E-state index in [0.717, 1.165) is 33.7 Å². The summed E-state index contributed by atoms with van der Waals surface area (Å²) in [7, 11) is -3.73. The first-order valence-corrected chi connectivity index (χ1v) is 13.0. The first kappa shape index (κ1) is 26.4. The van der Waals surface area contributed by atoms with Crippen LogP contribution >= 0.6 is 0 Å². The lowest BCUT2D eigenvalue weighted by Gasteiger charge is -2.32. The van der Waals surface area contributed by atoms with Crippen molar-refractivity contribution < 1.29 is 18.0 Å². The lowest BCUT2D eigenvalue weighted by Crippen LogP contribution is -2.52. The number of sulfonamides is 1. The van der Waals surface area contributed by atoms with Gasteiger partial charge in [-0.3, -0.25) is 13.9 Å². The molecule has 0 saturated heterocycles. The van der Waals surface area contributed by atoms with Gasteiger partial charge >= 0.3 is 0 Å². The fraction of sp³-hybridized carbons (Fsp3) is 0.440. The number of carbonyl (C=O) groups excluding carboxylic acids is 2. The third-order valence-electron chi connectivity index (χ3n) is 5.51. The zero-order chi connectivity index (χ0) is 24.8. The van der Waals surface area contributed by atoms with E-state index in [1.54, 1.807) is 19.1 Å². The van der Waals surface area contributed by atoms with Crippen LogP contribution in [0.2, 0.25) is 0 Å². The SMILES string of the molecule is CCc1ccc(N(CC(=O)N(Cc2ccccc2C)C(C)C(=O)NC(C)C)S(C)(=O)=O)cc1. The lowest BCUT2D eigenvalue weighted by molar-refractivity contribution is -0.139. The zero-order valence-electron chi connectivity index (χ0n) is 20.3. The summed E-state index contributed by atoms with van der Waals surface area (Å²) >= 11 is 0. The highest BCUT2D eigenvalue weighted by atomic mass is 32.2. The van der Waals surface area contributed by atoms with Crippen molar-refractivity contribution in [2.45, 2.75) is 59.7 Å². The molecule has 0 fully saturated rings. The lowest BCUT2D eigenvalue weighted by atomic mass is 10.1. The van der Waals surface area contributed by atoms with E-state index >= 15 is 0 Å². The summed E-state index contributed by atoms with van der Waals surface area (Å²) < 4.78 is 26.3. The monoisotopic (exact) mass is 473 g/mol. The minimum Gasteiger partial charge on any atom is -0.352 e. The van der Waals surface area contributed by atoms with Gasteiger partial charge in [0, 0.05) is 12.6 Å². The second-order valence-corrected chi connectivity index (χ2v) is 10.5. The molecule has 2 rings (SSSR count). The normalized spacial score (nSPS) is 12.3. The summed E-state index contributed by atoms with van der Waals surface area (Å²) in [4.78, 5) is 27.7. The summed E-state index contributed by atoms with van der Waals surface area (Å²) in [5, 5.41) is 2.84. The maximum absolute atomic E-state index is 13.5. The van der Waals surface area contributed by atoms with Crippen LogP contribution in [0, 0.1) is 6.92 Å². The van der Waals surface area contributed by atoms with Crippen LogP contribution < -0.4 is 9.62 Å². The van der Waals surface area contributed by atoms with Crippen molar-refractivity contribution in [3.63, 3.8) is 0 Å². The highest BCUT2D eigenvalue weighted by Gasteiger charge is 2.30. The minimum atomic E-state index is -3.73. The highest BCUT2D eigenvalue weighted by Crippen LogP contribution is 2.20. The van der Waals surface area contributed by atoms with Gasteiger partial charge in [-0.05, 0) is 62.9 Å². The van der Waals surface area contributed by atoms with Gasteiger partial charge in [0.2, 0.25) is 21.8 Å². The van der Waals surface area contributed by atoms with Crippen molar-refractivity contribution in [2.24, 2.45) is 0 Å². The van der Waals surface area contributed by atoms with E-state index in [0.29, 0.717) is 5.69 Å². The van der Waals surface area contributed by atoms with E-state index < -0.39 is 28.5 Å². The standard InChI is InChI=1S/C25H35N3O4S/c1-7-21-12-14-23(15-13-21)28(33(6,31)32)17-24(29)27(20(5)25(30)26-18(2)3)16-22-11-9-8-10-19(22)4/h8-15,18,20H,7,16-17H2,1-6H3,(H,26,30). The number of rotatable bonds is 10. The average Bonchev–Trinajstić information content (AvgIpc) is 2.75. The second-order valence-electron chi connectivity index (χ2n) is 8.58.